The largest absolute Gasteiger partial charge is 0.416 e. The molecule has 1 aromatic carbocycles. The number of carbonyl (C=O) groups is 1. The molecule has 0 heterocycles. The molecule has 20 heavy (non-hydrogen) atoms. The molecule has 0 fully saturated rings. The molecule has 1 aromatic rings. The molecule has 0 saturated carbocycles. The monoisotopic (exact) mass is 298 g/mol. The number of rotatable bonds is 4. The molecule has 0 aliphatic heterocycles. The third-order valence-corrected chi connectivity index (χ3v) is 2.21. The third-order valence-electron chi connectivity index (χ3n) is 2.21. The first kappa shape index (κ1) is 16.2. The lowest BCUT2D eigenvalue weighted by Gasteiger charge is -2.14. The summed E-state index contributed by atoms with van der Waals surface area (Å²) in [5.41, 5.74) is -0.877. The number of hydrogen-bond acceptors (Lipinski definition) is 2. The van der Waals surface area contributed by atoms with Crippen LogP contribution in [0.2, 0.25) is 0 Å². The van der Waals surface area contributed by atoms with E-state index in [1.165, 1.54) is 0 Å². The van der Waals surface area contributed by atoms with E-state index in [1.807, 2.05) is 0 Å². The van der Waals surface area contributed by atoms with Gasteiger partial charge in [0.25, 0.3) is 5.92 Å². The number of nitrogens with one attached hydrogen (secondary N) is 2. The molecular weight excluding hydrogens is 287 g/mol. The Morgan fingerprint density at radius 1 is 1.10 bits per heavy atom. The highest BCUT2D eigenvalue weighted by atomic mass is 19.4. The third kappa shape index (κ3) is 5.00. The number of amides is 2. The van der Waals surface area contributed by atoms with Gasteiger partial charge in [0.15, 0.2) is 0 Å². The Hall–Kier alpha value is -1.90. The molecule has 112 valence electrons. The number of aliphatic hydroxyl groups is 1. The van der Waals surface area contributed by atoms with Crippen LogP contribution in [0.5, 0.6) is 0 Å². The summed E-state index contributed by atoms with van der Waals surface area (Å²) < 4.78 is 62.0. The van der Waals surface area contributed by atoms with Crippen molar-refractivity contribution in [1.29, 1.82) is 0 Å². The van der Waals surface area contributed by atoms with Crippen molar-refractivity contribution in [2.45, 2.75) is 12.1 Å². The van der Waals surface area contributed by atoms with E-state index >= 15 is 0 Å². The molecule has 0 spiro atoms. The summed E-state index contributed by atoms with van der Waals surface area (Å²) in [6, 6.07) is 2.47. The van der Waals surface area contributed by atoms with Gasteiger partial charge in [-0.05, 0) is 24.3 Å². The van der Waals surface area contributed by atoms with Gasteiger partial charge in [-0.2, -0.15) is 13.2 Å². The molecule has 0 atom stereocenters. The van der Waals surface area contributed by atoms with Gasteiger partial charge in [-0.25, -0.2) is 13.6 Å². The average Bonchev–Trinajstić information content (AvgIpc) is 2.36. The molecular formula is C11H11F5N2O2. The van der Waals surface area contributed by atoms with Gasteiger partial charge in [-0.15, -0.1) is 0 Å². The first-order valence-electron chi connectivity index (χ1n) is 5.35. The van der Waals surface area contributed by atoms with E-state index in [-0.39, 0.29) is 5.69 Å². The first-order valence-corrected chi connectivity index (χ1v) is 5.35. The second-order valence-electron chi connectivity index (χ2n) is 3.90. The normalized spacial score (nSPS) is 12.1. The average molecular weight is 298 g/mol. The Morgan fingerprint density at radius 3 is 2.10 bits per heavy atom. The van der Waals surface area contributed by atoms with E-state index in [4.69, 9.17) is 5.11 Å². The van der Waals surface area contributed by atoms with Crippen LogP contribution < -0.4 is 10.6 Å². The number of alkyl halides is 5. The topological polar surface area (TPSA) is 61.4 Å². The van der Waals surface area contributed by atoms with Crippen molar-refractivity contribution in [2.24, 2.45) is 0 Å². The van der Waals surface area contributed by atoms with Crippen molar-refractivity contribution >= 4 is 11.7 Å². The molecule has 0 aliphatic carbocycles. The Labute approximate surface area is 110 Å². The Kier molecular flexibility index (Phi) is 4.88. The summed E-state index contributed by atoms with van der Waals surface area (Å²) in [5.74, 6) is -3.46. The Balaban J connectivity index is 2.55. The van der Waals surface area contributed by atoms with Crippen LogP contribution in [0.25, 0.3) is 0 Å². The van der Waals surface area contributed by atoms with Crippen LogP contribution in [0, 0.1) is 0 Å². The molecule has 4 nitrogen and oxygen atoms in total. The van der Waals surface area contributed by atoms with Crippen molar-refractivity contribution in [3.63, 3.8) is 0 Å². The van der Waals surface area contributed by atoms with Gasteiger partial charge in [0.05, 0.1) is 12.1 Å². The van der Waals surface area contributed by atoms with Crippen LogP contribution in [-0.4, -0.2) is 30.2 Å². The molecule has 1 rings (SSSR count). The lowest BCUT2D eigenvalue weighted by atomic mass is 10.2. The molecule has 3 N–H and O–H groups in total. The van der Waals surface area contributed by atoms with Gasteiger partial charge in [-0.3, -0.25) is 0 Å². The zero-order valence-electron chi connectivity index (χ0n) is 9.97. The smallest absolute Gasteiger partial charge is 0.390 e. The number of halogens is 5. The molecule has 0 radical (unpaired) electrons. The molecule has 2 amide bonds. The van der Waals surface area contributed by atoms with Gasteiger partial charge in [0.1, 0.15) is 6.61 Å². The zero-order chi connectivity index (χ0) is 15.4. The molecule has 9 heteroatoms. The number of hydrogen-bond donors (Lipinski definition) is 3. The maximum Gasteiger partial charge on any atom is 0.416 e. The fourth-order valence-electron chi connectivity index (χ4n) is 1.18. The number of aliphatic hydroxyl groups excluding tert-OH is 1. The van der Waals surface area contributed by atoms with Crippen LogP contribution in [0.4, 0.5) is 32.4 Å². The summed E-state index contributed by atoms with van der Waals surface area (Å²) >= 11 is 0. The van der Waals surface area contributed by atoms with E-state index in [1.54, 1.807) is 5.32 Å². The highest BCUT2D eigenvalue weighted by Crippen LogP contribution is 2.29. The summed E-state index contributed by atoms with van der Waals surface area (Å²) in [7, 11) is 0. The highest BCUT2D eigenvalue weighted by Gasteiger charge is 2.30. The minimum Gasteiger partial charge on any atom is -0.390 e. The van der Waals surface area contributed by atoms with Gasteiger partial charge in [0, 0.05) is 5.69 Å². The molecule has 0 bridgehead atoms. The van der Waals surface area contributed by atoms with E-state index in [2.05, 4.69) is 5.32 Å². The lowest BCUT2D eigenvalue weighted by molar-refractivity contribution is -0.137. The van der Waals surface area contributed by atoms with Gasteiger partial charge in [-0.1, -0.05) is 0 Å². The SMILES string of the molecule is O=C(NCC(F)(F)CO)Nc1ccc(C(F)(F)F)cc1. The minimum absolute atomic E-state index is 0.0165. The zero-order valence-corrected chi connectivity index (χ0v) is 9.97. The predicted octanol–water partition coefficient (Wildman–Crippen LogP) is 2.45. The van der Waals surface area contributed by atoms with Crippen molar-refractivity contribution in [3.05, 3.63) is 29.8 Å². The quantitative estimate of drug-likeness (QED) is 0.748. The van der Waals surface area contributed by atoms with E-state index in [9.17, 15) is 26.7 Å². The Morgan fingerprint density at radius 2 is 1.65 bits per heavy atom. The summed E-state index contributed by atoms with van der Waals surface area (Å²) in [6.45, 7) is -2.51. The van der Waals surface area contributed by atoms with Gasteiger partial charge in [0.2, 0.25) is 0 Å². The number of anilines is 1. The minimum atomic E-state index is -4.50. The van der Waals surface area contributed by atoms with Crippen molar-refractivity contribution in [1.82, 2.24) is 5.32 Å². The van der Waals surface area contributed by atoms with Crippen LogP contribution in [0.15, 0.2) is 24.3 Å². The van der Waals surface area contributed by atoms with Crippen molar-refractivity contribution < 1.29 is 31.9 Å². The van der Waals surface area contributed by atoms with Gasteiger partial charge >= 0.3 is 12.2 Å². The maximum atomic E-state index is 12.6. The fourth-order valence-corrected chi connectivity index (χ4v) is 1.18. The van der Waals surface area contributed by atoms with Gasteiger partial charge < -0.3 is 15.7 Å². The number of carbonyl (C=O) groups excluding carboxylic acids is 1. The summed E-state index contributed by atoms with van der Waals surface area (Å²) in [6.07, 6.45) is -4.50. The summed E-state index contributed by atoms with van der Waals surface area (Å²) in [4.78, 5) is 11.2. The Bertz CT molecular complexity index is 459. The lowest BCUT2D eigenvalue weighted by Crippen LogP contribution is -2.40. The fraction of sp³-hybridized carbons (Fsp3) is 0.364. The molecule has 0 aromatic heterocycles. The molecule has 0 saturated heterocycles. The first-order chi connectivity index (χ1) is 9.14. The van der Waals surface area contributed by atoms with Crippen LogP contribution in [-0.2, 0) is 6.18 Å². The summed E-state index contributed by atoms with van der Waals surface area (Å²) in [5, 5.41) is 12.1. The second kappa shape index (κ2) is 6.04. The highest BCUT2D eigenvalue weighted by molar-refractivity contribution is 5.89. The van der Waals surface area contributed by atoms with Crippen LogP contribution in [0.3, 0.4) is 0 Å². The standard InChI is InChI=1S/C11H11F5N2O2/c12-10(13,6-19)5-17-9(20)18-8-3-1-7(2-4-8)11(14,15)16/h1-4,19H,5-6H2,(H2,17,18,20). The van der Waals surface area contributed by atoms with Crippen molar-refractivity contribution in [3.8, 4) is 0 Å². The molecule has 0 aliphatic rings. The predicted molar refractivity (Wildman–Crippen MR) is 60.5 cm³/mol. The van der Waals surface area contributed by atoms with E-state index in [0.717, 1.165) is 24.3 Å². The maximum absolute atomic E-state index is 12.6. The van der Waals surface area contributed by atoms with E-state index < -0.39 is 36.8 Å². The second-order valence-corrected chi connectivity index (χ2v) is 3.90. The van der Waals surface area contributed by atoms with Crippen molar-refractivity contribution in [2.75, 3.05) is 18.5 Å². The molecule has 0 unspecified atom stereocenters. The van der Waals surface area contributed by atoms with Crippen LogP contribution >= 0.6 is 0 Å². The van der Waals surface area contributed by atoms with Crippen LogP contribution in [0.1, 0.15) is 5.56 Å². The number of urea groups is 1. The number of benzene rings is 1. The van der Waals surface area contributed by atoms with E-state index in [0.29, 0.717) is 0 Å².